The number of rotatable bonds is 5. The predicted molar refractivity (Wildman–Crippen MR) is 123 cm³/mol. The monoisotopic (exact) mass is 414 g/mol. The Morgan fingerprint density at radius 1 is 0.935 bits per heavy atom. The van der Waals surface area contributed by atoms with Gasteiger partial charge in [0.1, 0.15) is 17.3 Å². The van der Waals surface area contributed by atoms with Gasteiger partial charge in [-0.1, -0.05) is 24.3 Å². The third-order valence-corrected chi connectivity index (χ3v) is 5.74. The third kappa shape index (κ3) is 4.32. The van der Waals surface area contributed by atoms with Gasteiger partial charge in [0.25, 0.3) is 0 Å². The van der Waals surface area contributed by atoms with E-state index in [-0.39, 0.29) is 0 Å². The lowest BCUT2D eigenvalue weighted by Gasteiger charge is -2.24. The Hall–Kier alpha value is -3.58. The molecule has 0 atom stereocenters. The molecule has 0 amide bonds. The van der Waals surface area contributed by atoms with Gasteiger partial charge in [-0.15, -0.1) is 5.10 Å². The molecule has 1 saturated carbocycles. The maximum Gasteiger partial charge on any atom is 0.177 e. The van der Waals surface area contributed by atoms with E-state index in [2.05, 4.69) is 10.4 Å². The number of hydrogen-bond acceptors (Lipinski definition) is 6. The molecule has 0 spiro atoms. The van der Waals surface area contributed by atoms with Crippen LogP contribution < -0.4 is 21.5 Å². The molecular weight excluding hydrogens is 388 g/mol. The van der Waals surface area contributed by atoms with Gasteiger partial charge in [-0.3, -0.25) is 0 Å². The molecular formula is C24H26N6O. The number of ether oxygens (including phenoxy) is 1. The number of fused-ring (bicyclic) bond motifs is 1. The van der Waals surface area contributed by atoms with Crippen LogP contribution in [0.1, 0.15) is 37.3 Å². The van der Waals surface area contributed by atoms with Crippen molar-refractivity contribution in [2.24, 2.45) is 5.73 Å². The minimum absolute atomic E-state index is 0.310. The molecule has 5 rings (SSSR count). The Morgan fingerprint density at radius 3 is 2.52 bits per heavy atom. The molecule has 2 heterocycles. The van der Waals surface area contributed by atoms with Gasteiger partial charge in [0.15, 0.2) is 5.65 Å². The van der Waals surface area contributed by atoms with Crippen LogP contribution in [0.2, 0.25) is 0 Å². The fourth-order valence-electron chi connectivity index (χ4n) is 4.14. The Labute approximate surface area is 181 Å². The van der Waals surface area contributed by atoms with Crippen LogP contribution in [0.5, 0.6) is 11.5 Å². The maximum atomic E-state index is 6.08. The van der Waals surface area contributed by atoms with E-state index in [9.17, 15) is 0 Å². The number of nitrogens with two attached hydrogens (primary N) is 2. The molecule has 1 fully saturated rings. The number of para-hydroxylation sites is 1. The lowest BCUT2D eigenvalue weighted by Crippen LogP contribution is -2.25. The van der Waals surface area contributed by atoms with Crippen LogP contribution >= 0.6 is 0 Å². The van der Waals surface area contributed by atoms with Gasteiger partial charge in [-0.05, 0) is 49.9 Å². The first-order valence-electron chi connectivity index (χ1n) is 10.7. The zero-order valence-corrected chi connectivity index (χ0v) is 17.2. The van der Waals surface area contributed by atoms with Crippen molar-refractivity contribution < 1.29 is 4.74 Å². The van der Waals surface area contributed by atoms with E-state index in [4.69, 9.17) is 21.2 Å². The van der Waals surface area contributed by atoms with Crippen molar-refractivity contribution in [3.05, 3.63) is 72.6 Å². The third-order valence-electron chi connectivity index (χ3n) is 5.74. The van der Waals surface area contributed by atoms with Crippen LogP contribution in [0.25, 0.3) is 5.65 Å². The molecule has 1 aliphatic rings. The van der Waals surface area contributed by atoms with Crippen molar-refractivity contribution in [1.82, 2.24) is 14.6 Å². The number of anilines is 3. The van der Waals surface area contributed by atoms with Gasteiger partial charge in [-0.2, -0.15) is 0 Å². The number of nitrogens with zero attached hydrogens (tertiary/aromatic N) is 3. The topological polar surface area (TPSA) is 103 Å². The molecule has 5 N–H and O–H groups in total. The van der Waals surface area contributed by atoms with E-state index in [0.717, 1.165) is 59.9 Å². The lowest BCUT2D eigenvalue weighted by molar-refractivity contribution is 0.391. The summed E-state index contributed by atoms with van der Waals surface area (Å²) >= 11 is 0. The van der Waals surface area contributed by atoms with Crippen LogP contribution in [0.4, 0.5) is 17.2 Å². The molecule has 31 heavy (non-hydrogen) atoms. The van der Waals surface area contributed by atoms with Crippen molar-refractivity contribution in [1.29, 1.82) is 0 Å². The largest absolute Gasteiger partial charge is 0.457 e. The summed E-state index contributed by atoms with van der Waals surface area (Å²) in [5, 5.41) is 7.86. The molecule has 1 aliphatic carbocycles. The maximum absolute atomic E-state index is 6.08. The van der Waals surface area contributed by atoms with E-state index in [1.165, 1.54) is 0 Å². The first-order valence-corrected chi connectivity index (χ1v) is 10.7. The number of benzene rings is 2. The van der Waals surface area contributed by atoms with Crippen molar-refractivity contribution in [2.75, 3.05) is 11.1 Å². The number of nitrogen functional groups attached to an aromatic ring is 1. The molecule has 7 nitrogen and oxygen atoms in total. The summed E-state index contributed by atoms with van der Waals surface area (Å²) in [6.07, 6.45) is 6.18. The smallest absolute Gasteiger partial charge is 0.177 e. The average Bonchev–Trinajstić information content (AvgIpc) is 3.19. The summed E-state index contributed by atoms with van der Waals surface area (Å²) in [5.74, 6) is 2.39. The van der Waals surface area contributed by atoms with Crippen molar-refractivity contribution >= 4 is 22.8 Å². The molecule has 158 valence electrons. The molecule has 4 aromatic rings. The predicted octanol–water partition coefficient (Wildman–Crippen LogP) is 4.83. The molecule has 0 bridgehead atoms. The van der Waals surface area contributed by atoms with E-state index in [0.29, 0.717) is 17.8 Å². The second-order valence-corrected chi connectivity index (χ2v) is 8.10. The van der Waals surface area contributed by atoms with Crippen LogP contribution in [-0.2, 0) is 0 Å². The van der Waals surface area contributed by atoms with E-state index < -0.39 is 0 Å². The zero-order chi connectivity index (χ0) is 21.2. The normalized spacial score (nSPS) is 18.7. The van der Waals surface area contributed by atoms with Crippen LogP contribution in [0, 0.1) is 0 Å². The Morgan fingerprint density at radius 2 is 1.71 bits per heavy atom. The highest BCUT2D eigenvalue weighted by atomic mass is 16.5. The second kappa shape index (κ2) is 8.28. The minimum atomic E-state index is 0.310. The summed E-state index contributed by atoms with van der Waals surface area (Å²) in [6, 6.07) is 19.6. The highest BCUT2D eigenvalue weighted by molar-refractivity contribution is 5.76. The first-order chi connectivity index (χ1) is 15.1. The highest BCUT2D eigenvalue weighted by Crippen LogP contribution is 2.33. The van der Waals surface area contributed by atoms with Gasteiger partial charge < -0.3 is 21.5 Å². The standard InChI is InChI=1S/C24H26N6O/c25-17-11-9-16(10-12-17)22-15-30-24(28-22)21(14-23(26)29-30)27-18-5-4-8-20(13-18)31-19-6-2-1-3-7-19/h1-8,13-17,27H,9-12,25H2,(H2,26,29). The molecule has 2 aromatic heterocycles. The molecule has 0 radical (unpaired) electrons. The number of imidazole rings is 1. The Bertz CT molecular complexity index is 1180. The summed E-state index contributed by atoms with van der Waals surface area (Å²) in [7, 11) is 0. The van der Waals surface area contributed by atoms with Gasteiger partial charge in [0.05, 0.1) is 17.6 Å². The van der Waals surface area contributed by atoms with E-state index in [1.807, 2.05) is 66.9 Å². The lowest BCUT2D eigenvalue weighted by atomic mass is 9.85. The molecule has 2 aromatic carbocycles. The van der Waals surface area contributed by atoms with Crippen molar-refractivity contribution in [3.63, 3.8) is 0 Å². The van der Waals surface area contributed by atoms with E-state index >= 15 is 0 Å². The van der Waals surface area contributed by atoms with Crippen LogP contribution in [0.15, 0.2) is 66.9 Å². The Kier molecular flexibility index (Phi) is 5.18. The molecule has 0 saturated heterocycles. The molecule has 7 heteroatoms. The summed E-state index contributed by atoms with van der Waals surface area (Å²) in [4.78, 5) is 4.90. The number of hydrogen-bond donors (Lipinski definition) is 3. The number of nitrogens with one attached hydrogen (secondary N) is 1. The fraction of sp³-hybridized carbons (Fsp3) is 0.250. The highest BCUT2D eigenvalue weighted by Gasteiger charge is 2.23. The minimum Gasteiger partial charge on any atom is -0.457 e. The second-order valence-electron chi connectivity index (χ2n) is 8.10. The summed E-state index contributed by atoms with van der Waals surface area (Å²) in [5.41, 5.74) is 15.6. The van der Waals surface area contributed by atoms with Gasteiger partial charge >= 0.3 is 0 Å². The molecule has 0 aliphatic heterocycles. The fourth-order valence-corrected chi connectivity index (χ4v) is 4.14. The molecule has 0 unspecified atom stereocenters. The van der Waals surface area contributed by atoms with Crippen molar-refractivity contribution in [2.45, 2.75) is 37.6 Å². The first kappa shape index (κ1) is 19.4. The average molecular weight is 415 g/mol. The zero-order valence-electron chi connectivity index (χ0n) is 17.2. The number of aromatic nitrogens is 3. The summed E-state index contributed by atoms with van der Waals surface area (Å²) in [6.45, 7) is 0. The summed E-state index contributed by atoms with van der Waals surface area (Å²) < 4.78 is 7.72. The van der Waals surface area contributed by atoms with Crippen LogP contribution in [0.3, 0.4) is 0 Å². The van der Waals surface area contributed by atoms with Gasteiger partial charge in [0, 0.05) is 29.8 Å². The van der Waals surface area contributed by atoms with Crippen molar-refractivity contribution in [3.8, 4) is 11.5 Å². The van der Waals surface area contributed by atoms with Gasteiger partial charge in [0.2, 0.25) is 0 Å². The SMILES string of the molecule is Nc1cc(Nc2cccc(Oc3ccccc3)c2)c2nc(C3CCC(N)CC3)cn2n1. The van der Waals surface area contributed by atoms with Gasteiger partial charge in [-0.25, -0.2) is 9.50 Å². The van der Waals surface area contributed by atoms with E-state index in [1.54, 1.807) is 4.52 Å². The van der Waals surface area contributed by atoms with Crippen LogP contribution in [-0.4, -0.2) is 20.6 Å². The quantitative estimate of drug-likeness (QED) is 0.432. The Balaban J connectivity index is 1.42.